The number of carbonyl (C=O) groups excluding carboxylic acids is 1. The number of hydrogen-bond acceptors (Lipinski definition) is 5. The zero-order valence-electron chi connectivity index (χ0n) is 11.3. The lowest BCUT2D eigenvalue weighted by Crippen LogP contribution is -2.26. The van der Waals surface area contributed by atoms with Crippen molar-refractivity contribution in [3.63, 3.8) is 0 Å². The second-order valence-electron chi connectivity index (χ2n) is 4.41. The maximum absolute atomic E-state index is 11.9. The number of aromatic nitrogens is 2. The fourth-order valence-corrected chi connectivity index (χ4v) is 1.87. The van der Waals surface area contributed by atoms with Gasteiger partial charge in [-0.1, -0.05) is 0 Å². The molecule has 0 saturated carbocycles. The molecule has 1 heterocycles. The Morgan fingerprint density at radius 3 is 2.81 bits per heavy atom. The number of benzene rings is 1. The predicted molar refractivity (Wildman–Crippen MR) is 74.0 cm³/mol. The van der Waals surface area contributed by atoms with Crippen molar-refractivity contribution in [2.24, 2.45) is 7.05 Å². The maximum Gasteiger partial charge on any atom is 0.273 e. The minimum absolute atomic E-state index is 0.00519. The average molecular weight is 290 g/mol. The molecule has 0 radical (unpaired) electrons. The molecular weight excluding hydrogens is 276 g/mol. The zero-order valence-corrected chi connectivity index (χ0v) is 11.3. The number of nitro benzene ring substituents is 1. The normalized spacial score (nSPS) is 10.3. The lowest BCUT2D eigenvalue weighted by molar-refractivity contribution is -0.384. The first-order chi connectivity index (χ1) is 9.99. The molecule has 0 spiro atoms. The van der Waals surface area contributed by atoms with Gasteiger partial charge in [0.15, 0.2) is 0 Å². The summed E-state index contributed by atoms with van der Waals surface area (Å²) in [6.07, 6.45) is 2.26. The van der Waals surface area contributed by atoms with Crippen molar-refractivity contribution >= 4 is 11.6 Å². The van der Waals surface area contributed by atoms with E-state index >= 15 is 0 Å². The van der Waals surface area contributed by atoms with Crippen molar-refractivity contribution in [2.75, 3.05) is 6.54 Å². The van der Waals surface area contributed by atoms with Crippen LogP contribution in [0.2, 0.25) is 0 Å². The molecule has 8 nitrogen and oxygen atoms in total. The highest BCUT2D eigenvalue weighted by Gasteiger charge is 2.15. The van der Waals surface area contributed by atoms with Gasteiger partial charge in [-0.3, -0.25) is 19.6 Å². The summed E-state index contributed by atoms with van der Waals surface area (Å²) >= 11 is 0. The van der Waals surface area contributed by atoms with Gasteiger partial charge in [-0.05, 0) is 12.1 Å². The van der Waals surface area contributed by atoms with Crippen LogP contribution in [0.4, 0.5) is 5.69 Å². The van der Waals surface area contributed by atoms with Crippen LogP contribution in [0.3, 0.4) is 0 Å². The number of amides is 1. The van der Waals surface area contributed by atoms with Gasteiger partial charge in [-0.2, -0.15) is 5.10 Å². The van der Waals surface area contributed by atoms with Gasteiger partial charge in [-0.25, -0.2) is 0 Å². The Kier molecular flexibility index (Phi) is 4.17. The molecule has 0 aliphatic carbocycles. The molecule has 1 aromatic heterocycles. The summed E-state index contributed by atoms with van der Waals surface area (Å²) in [7, 11) is 1.80. The molecule has 0 unspecified atom stereocenters. The molecule has 110 valence electrons. The van der Waals surface area contributed by atoms with Crippen LogP contribution in [0.25, 0.3) is 0 Å². The Bertz CT molecular complexity index is 681. The number of non-ortho nitro benzene ring substituents is 1. The Hall–Kier alpha value is -2.90. The topological polar surface area (TPSA) is 110 Å². The minimum Gasteiger partial charge on any atom is -0.507 e. The molecule has 0 aliphatic rings. The van der Waals surface area contributed by atoms with E-state index in [0.29, 0.717) is 13.0 Å². The molecule has 0 saturated heterocycles. The van der Waals surface area contributed by atoms with Gasteiger partial charge in [-0.15, -0.1) is 0 Å². The second-order valence-corrected chi connectivity index (χ2v) is 4.41. The third-order valence-corrected chi connectivity index (χ3v) is 3.03. The monoisotopic (exact) mass is 290 g/mol. The first kappa shape index (κ1) is 14.5. The van der Waals surface area contributed by atoms with Crippen molar-refractivity contribution in [1.82, 2.24) is 15.1 Å². The average Bonchev–Trinajstić information content (AvgIpc) is 2.84. The molecule has 8 heteroatoms. The summed E-state index contributed by atoms with van der Waals surface area (Å²) in [5.41, 5.74) is 0.702. The van der Waals surface area contributed by atoms with Crippen LogP contribution in [-0.4, -0.2) is 32.3 Å². The molecule has 21 heavy (non-hydrogen) atoms. The van der Waals surface area contributed by atoms with Crippen LogP contribution in [0.1, 0.15) is 16.1 Å². The van der Waals surface area contributed by atoms with Crippen molar-refractivity contribution in [1.29, 1.82) is 0 Å². The SMILES string of the molecule is Cn1nccc1CCNC(=O)c1ccc([N+](=O)[O-])cc1O. The van der Waals surface area contributed by atoms with Crippen molar-refractivity contribution in [2.45, 2.75) is 6.42 Å². The molecule has 0 aliphatic heterocycles. The predicted octanol–water partition coefficient (Wildman–Crippen LogP) is 1.01. The fourth-order valence-electron chi connectivity index (χ4n) is 1.87. The van der Waals surface area contributed by atoms with Crippen molar-refractivity contribution < 1.29 is 14.8 Å². The number of rotatable bonds is 5. The molecule has 2 N–H and O–H groups in total. The van der Waals surface area contributed by atoms with Crippen LogP contribution in [0.5, 0.6) is 5.75 Å². The maximum atomic E-state index is 11.9. The first-order valence-electron chi connectivity index (χ1n) is 6.21. The molecule has 1 aromatic carbocycles. The van der Waals surface area contributed by atoms with Crippen LogP contribution < -0.4 is 5.32 Å². The van der Waals surface area contributed by atoms with Crippen LogP contribution in [-0.2, 0) is 13.5 Å². The zero-order chi connectivity index (χ0) is 15.4. The molecule has 0 bridgehead atoms. The van der Waals surface area contributed by atoms with Gasteiger partial charge in [0.05, 0.1) is 16.6 Å². The number of nitrogens with one attached hydrogen (secondary N) is 1. The number of phenolic OH excluding ortho intramolecular Hbond substituents is 1. The van der Waals surface area contributed by atoms with Crippen LogP contribution in [0.15, 0.2) is 30.5 Å². The Morgan fingerprint density at radius 2 is 2.24 bits per heavy atom. The fraction of sp³-hybridized carbons (Fsp3) is 0.231. The van der Waals surface area contributed by atoms with E-state index in [2.05, 4.69) is 10.4 Å². The summed E-state index contributed by atoms with van der Waals surface area (Å²) in [5, 5.41) is 26.9. The minimum atomic E-state index is -0.635. The van der Waals surface area contributed by atoms with Crippen molar-refractivity contribution in [3.05, 3.63) is 51.8 Å². The molecule has 2 aromatic rings. The van der Waals surface area contributed by atoms with E-state index in [1.807, 2.05) is 6.07 Å². The first-order valence-corrected chi connectivity index (χ1v) is 6.21. The number of nitro groups is 1. The molecule has 0 fully saturated rings. The van der Waals surface area contributed by atoms with E-state index in [1.165, 1.54) is 12.1 Å². The van der Waals surface area contributed by atoms with Gasteiger partial charge >= 0.3 is 0 Å². The quantitative estimate of drug-likeness (QED) is 0.630. The number of phenols is 1. The van der Waals surface area contributed by atoms with E-state index < -0.39 is 16.6 Å². The van der Waals surface area contributed by atoms with Gasteiger partial charge in [0.25, 0.3) is 11.6 Å². The number of hydrogen-bond donors (Lipinski definition) is 2. The Labute approximate surface area is 120 Å². The summed E-state index contributed by atoms with van der Waals surface area (Å²) in [6, 6.07) is 5.20. The molecule has 0 atom stereocenters. The van der Waals surface area contributed by atoms with Gasteiger partial charge in [0, 0.05) is 38.0 Å². The van der Waals surface area contributed by atoms with Gasteiger partial charge < -0.3 is 10.4 Å². The molecule has 2 rings (SSSR count). The Balaban J connectivity index is 1.97. The Morgan fingerprint density at radius 1 is 1.48 bits per heavy atom. The summed E-state index contributed by atoms with van der Waals surface area (Å²) in [5.74, 6) is -0.896. The second kappa shape index (κ2) is 6.04. The lowest BCUT2D eigenvalue weighted by atomic mass is 10.1. The summed E-state index contributed by atoms with van der Waals surface area (Å²) in [4.78, 5) is 21.8. The molecular formula is C13H14N4O4. The van der Waals surface area contributed by atoms with Crippen LogP contribution >= 0.6 is 0 Å². The van der Waals surface area contributed by atoms with Gasteiger partial charge in [0.2, 0.25) is 0 Å². The third kappa shape index (κ3) is 3.35. The summed E-state index contributed by atoms with van der Waals surface area (Å²) in [6.45, 7) is 0.370. The largest absolute Gasteiger partial charge is 0.507 e. The standard InChI is InChI=1S/C13H14N4O4/c1-16-9(5-7-15-16)4-6-14-13(19)11-3-2-10(17(20)21)8-12(11)18/h2-3,5,7-8,18H,4,6H2,1H3,(H,14,19). The number of nitrogens with zero attached hydrogens (tertiary/aromatic N) is 3. The molecule has 1 amide bonds. The smallest absolute Gasteiger partial charge is 0.273 e. The lowest BCUT2D eigenvalue weighted by Gasteiger charge is -2.07. The van der Waals surface area contributed by atoms with E-state index in [-0.39, 0.29) is 11.3 Å². The number of aryl methyl sites for hydroxylation is 1. The highest BCUT2D eigenvalue weighted by atomic mass is 16.6. The number of carbonyl (C=O) groups is 1. The van der Waals surface area contributed by atoms with Crippen LogP contribution in [0, 0.1) is 10.1 Å². The number of aromatic hydroxyl groups is 1. The van der Waals surface area contributed by atoms with E-state index in [9.17, 15) is 20.0 Å². The highest BCUT2D eigenvalue weighted by molar-refractivity contribution is 5.97. The summed E-state index contributed by atoms with van der Waals surface area (Å²) < 4.78 is 1.70. The van der Waals surface area contributed by atoms with Gasteiger partial charge in [0.1, 0.15) is 5.75 Å². The van der Waals surface area contributed by atoms with E-state index in [4.69, 9.17) is 0 Å². The third-order valence-electron chi connectivity index (χ3n) is 3.03. The van der Waals surface area contributed by atoms with E-state index in [1.54, 1.807) is 17.9 Å². The van der Waals surface area contributed by atoms with E-state index in [0.717, 1.165) is 11.8 Å². The highest BCUT2D eigenvalue weighted by Crippen LogP contribution is 2.23. The van der Waals surface area contributed by atoms with Crippen molar-refractivity contribution in [3.8, 4) is 5.75 Å².